The molecule has 0 unspecified atom stereocenters. The van der Waals surface area contributed by atoms with Crippen LogP contribution in [0.3, 0.4) is 0 Å². The fourth-order valence-corrected chi connectivity index (χ4v) is 3.72. The lowest BCUT2D eigenvalue weighted by Gasteiger charge is -2.55. The maximum Gasteiger partial charge on any atom is 0.352 e. The average Bonchev–Trinajstić information content (AvgIpc) is 2.43. The molecule has 2 atom stereocenters. The van der Waals surface area contributed by atoms with Gasteiger partial charge in [0.2, 0.25) is 5.91 Å². The van der Waals surface area contributed by atoms with Gasteiger partial charge in [-0.25, -0.2) is 4.79 Å². The topological polar surface area (TPSA) is 95.9 Å². The third-order valence-electron chi connectivity index (χ3n) is 3.39. The second-order valence-electron chi connectivity index (χ2n) is 4.61. The smallest absolute Gasteiger partial charge is 0.352 e. The molecule has 0 aromatic heterocycles. The average molecular weight is 300 g/mol. The minimum absolute atomic E-state index is 0.0165. The van der Waals surface area contributed by atoms with Gasteiger partial charge in [0.05, 0.1) is 0 Å². The van der Waals surface area contributed by atoms with E-state index in [1.165, 1.54) is 23.8 Å². The van der Waals surface area contributed by atoms with E-state index in [2.05, 4.69) is 5.32 Å². The Morgan fingerprint density at radius 1 is 1.60 bits per heavy atom. The van der Waals surface area contributed by atoms with Gasteiger partial charge in [0.15, 0.2) is 0 Å². The number of β-lactam (4-membered cyclic amide) rings is 1. The van der Waals surface area contributed by atoms with Crippen LogP contribution in [0, 0.1) is 0 Å². The monoisotopic (exact) mass is 300 g/mol. The number of rotatable bonds is 4. The number of hydrogen-bond acceptors (Lipinski definition) is 5. The number of nitrogens with one attached hydrogen (secondary N) is 1. The third-order valence-corrected chi connectivity index (χ3v) is 4.85. The predicted octanol–water partition coefficient (Wildman–Crippen LogP) is 0.129. The first-order chi connectivity index (χ1) is 9.39. The fraction of sp³-hybridized carbons (Fsp3) is 0.583. The Morgan fingerprint density at radius 2 is 2.25 bits per heavy atom. The number of fused-ring (bicyclic) bond motifs is 1. The fourth-order valence-electron chi connectivity index (χ4n) is 2.33. The lowest BCUT2D eigenvalue weighted by Crippen LogP contribution is -2.80. The molecule has 2 aliphatic rings. The minimum atomic E-state index is -1.46. The molecule has 0 aliphatic carbocycles. The molecular weight excluding hydrogens is 284 g/mol. The van der Waals surface area contributed by atoms with Crippen molar-refractivity contribution in [3.8, 4) is 0 Å². The molecular formula is C12H16N2O5S. The molecule has 2 amide bonds. The summed E-state index contributed by atoms with van der Waals surface area (Å²) in [6.07, 6.45) is 0.219. The molecule has 1 fully saturated rings. The van der Waals surface area contributed by atoms with Gasteiger partial charge in [-0.3, -0.25) is 14.5 Å². The highest BCUT2D eigenvalue weighted by atomic mass is 32.2. The SMILES string of the molecule is CCC(=O)N[C@]1(OC)C(=O)N2C(C(=O)O)=C(C)CS[C@H]21. The summed E-state index contributed by atoms with van der Waals surface area (Å²) in [6, 6.07) is 0. The standard InChI is InChI=1S/C12H16N2O5S/c1-4-7(15)13-12(19-3)10(18)14-8(9(16)17)6(2)5-20-11(12)14/h11H,4-5H2,1-3H3,(H,13,15)(H,16,17)/t11-,12-/m0/s1. The highest BCUT2D eigenvalue weighted by molar-refractivity contribution is 8.00. The first-order valence-corrected chi connectivity index (χ1v) is 7.18. The largest absolute Gasteiger partial charge is 0.477 e. The summed E-state index contributed by atoms with van der Waals surface area (Å²) in [5.74, 6) is -1.53. The van der Waals surface area contributed by atoms with E-state index in [-0.39, 0.29) is 18.0 Å². The molecule has 2 heterocycles. The number of carbonyl (C=O) groups excluding carboxylic acids is 2. The molecule has 0 aromatic rings. The summed E-state index contributed by atoms with van der Waals surface area (Å²) in [5.41, 5.74) is -0.852. The summed E-state index contributed by atoms with van der Waals surface area (Å²) in [4.78, 5) is 36.4. The number of carbonyl (C=O) groups is 3. The molecule has 0 aromatic carbocycles. The summed E-state index contributed by atoms with van der Waals surface area (Å²) in [6.45, 7) is 3.34. The normalized spacial score (nSPS) is 28.9. The van der Waals surface area contributed by atoms with Crippen LogP contribution in [0.1, 0.15) is 20.3 Å². The zero-order valence-electron chi connectivity index (χ0n) is 11.4. The number of carboxylic acids is 1. The number of nitrogens with zero attached hydrogens (tertiary/aromatic N) is 1. The molecule has 8 heteroatoms. The van der Waals surface area contributed by atoms with Crippen molar-refractivity contribution in [2.75, 3.05) is 12.9 Å². The Hall–Kier alpha value is -1.54. The van der Waals surface area contributed by atoms with Gasteiger partial charge in [0, 0.05) is 19.3 Å². The van der Waals surface area contributed by atoms with Crippen LogP contribution in [0.5, 0.6) is 0 Å². The zero-order chi connectivity index (χ0) is 15.1. The van der Waals surface area contributed by atoms with Crippen molar-refractivity contribution in [1.82, 2.24) is 10.2 Å². The summed E-state index contributed by atoms with van der Waals surface area (Å²) in [5, 5.41) is 11.2. The van der Waals surface area contributed by atoms with Gasteiger partial charge in [0.1, 0.15) is 11.1 Å². The van der Waals surface area contributed by atoms with Gasteiger partial charge in [-0.05, 0) is 12.5 Å². The number of aliphatic carboxylic acids is 1. The van der Waals surface area contributed by atoms with Crippen LogP contribution in [0.4, 0.5) is 0 Å². The van der Waals surface area contributed by atoms with Crippen LogP contribution in [0.15, 0.2) is 11.3 Å². The number of amides is 2. The van der Waals surface area contributed by atoms with E-state index in [1.54, 1.807) is 13.8 Å². The molecule has 20 heavy (non-hydrogen) atoms. The Bertz CT molecular complexity index is 518. The summed E-state index contributed by atoms with van der Waals surface area (Å²) < 4.78 is 5.23. The van der Waals surface area contributed by atoms with Crippen LogP contribution in [0.2, 0.25) is 0 Å². The van der Waals surface area contributed by atoms with Gasteiger partial charge in [-0.15, -0.1) is 11.8 Å². The molecule has 0 radical (unpaired) electrons. The molecule has 0 bridgehead atoms. The number of carboxylic acid groups (broad SMARTS) is 1. The van der Waals surface area contributed by atoms with Crippen molar-refractivity contribution >= 4 is 29.5 Å². The molecule has 110 valence electrons. The van der Waals surface area contributed by atoms with E-state index < -0.39 is 23.0 Å². The van der Waals surface area contributed by atoms with Crippen molar-refractivity contribution in [3.05, 3.63) is 11.3 Å². The van der Waals surface area contributed by atoms with Crippen molar-refractivity contribution in [3.63, 3.8) is 0 Å². The second-order valence-corrected chi connectivity index (χ2v) is 5.68. The van der Waals surface area contributed by atoms with Crippen molar-refractivity contribution in [2.24, 2.45) is 0 Å². The van der Waals surface area contributed by atoms with Crippen LogP contribution in [0.25, 0.3) is 0 Å². The van der Waals surface area contributed by atoms with E-state index in [4.69, 9.17) is 4.74 Å². The summed E-state index contributed by atoms with van der Waals surface area (Å²) >= 11 is 1.37. The molecule has 2 N–H and O–H groups in total. The minimum Gasteiger partial charge on any atom is -0.477 e. The van der Waals surface area contributed by atoms with Crippen molar-refractivity contribution in [2.45, 2.75) is 31.4 Å². The number of hydrogen-bond donors (Lipinski definition) is 2. The Balaban J connectivity index is 2.34. The van der Waals surface area contributed by atoms with Gasteiger partial charge < -0.3 is 15.2 Å². The van der Waals surface area contributed by atoms with E-state index in [0.29, 0.717) is 11.3 Å². The van der Waals surface area contributed by atoms with Crippen LogP contribution >= 0.6 is 11.8 Å². The van der Waals surface area contributed by atoms with Crippen molar-refractivity contribution < 1.29 is 24.2 Å². The third kappa shape index (κ3) is 1.90. The van der Waals surface area contributed by atoms with Crippen LogP contribution in [-0.2, 0) is 19.1 Å². The van der Waals surface area contributed by atoms with Gasteiger partial charge in [-0.2, -0.15) is 0 Å². The lowest BCUT2D eigenvalue weighted by atomic mass is 9.98. The Kier molecular flexibility index (Phi) is 3.79. The molecule has 2 aliphatic heterocycles. The maximum absolute atomic E-state index is 12.3. The summed E-state index contributed by atoms with van der Waals surface area (Å²) in [7, 11) is 1.33. The Morgan fingerprint density at radius 3 is 2.75 bits per heavy atom. The van der Waals surface area contributed by atoms with E-state index >= 15 is 0 Å². The molecule has 2 rings (SSSR count). The van der Waals surface area contributed by atoms with E-state index in [0.717, 1.165) is 0 Å². The number of methoxy groups -OCH3 is 1. The van der Waals surface area contributed by atoms with Crippen molar-refractivity contribution in [1.29, 1.82) is 0 Å². The lowest BCUT2D eigenvalue weighted by molar-refractivity contribution is -0.192. The second kappa shape index (κ2) is 5.10. The van der Waals surface area contributed by atoms with Gasteiger partial charge >= 0.3 is 5.97 Å². The quantitative estimate of drug-likeness (QED) is 0.566. The highest BCUT2D eigenvalue weighted by Gasteiger charge is 2.66. The van der Waals surface area contributed by atoms with E-state index in [9.17, 15) is 19.5 Å². The van der Waals surface area contributed by atoms with Gasteiger partial charge in [0.25, 0.3) is 11.6 Å². The van der Waals surface area contributed by atoms with E-state index in [1.807, 2.05) is 0 Å². The Labute approximate surface area is 120 Å². The number of thioether (sulfide) groups is 1. The first kappa shape index (κ1) is 14.9. The highest BCUT2D eigenvalue weighted by Crippen LogP contribution is 2.46. The molecule has 0 saturated carbocycles. The zero-order valence-corrected chi connectivity index (χ0v) is 12.2. The van der Waals surface area contributed by atoms with Gasteiger partial charge in [-0.1, -0.05) is 6.92 Å². The molecule has 1 saturated heterocycles. The predicted molar refractivity (Wildman–Crippen MR) is 71.6 cm³/mol. The first-order valence-electron chi connectivity index (χ1n) is 6.13. The number of ether oxygens (including phenoxy) is 1. The van der Waals surface area contributed by atoms with Crippen LogP contribution < -0.4 is 5.32 Å². The molecule has 7 nitrogen and oxygen atoms in total. The van der Waals surface area contributed by atoms with Crippen LogP contribution in [-0.4, -0.2) is 51.8 Å². The molecule has 0 spiro atoms. The maximum atomic E-state index is 12.3.